The summed E-state index contributed by atoms with van der Waals surface area (Å²) in [6, 6.07) is 0.0141. The van der Waals surface area contributed by atoms with E-state index in [2.05, 4.69) is 5.32 Å². The molecule has 0 aromatic rings. The monoisotopic (exact) mass is 284 g/mol. The number of nitrogens with one attached hydrogen (secondary N) is 1. The molecule has 2 aliphatic heterocycles. The summed E-state index contributed by atoms with van der Waals surface area (Å²) in [5.41, 5.74) is 0. The number of nitrogens with zero attached hydrogens (tertiary/aromatic N) is 1. The van der Waals surface area contributed by atoms with E-state index in [4.69, 9.17) is 9.84 Å². The van der Waals surface area contributed by atoms with E-state index in [0.717, 1.165) is 25.9 Å². The third kappa shape index (κ3) is 4.10. The van der Waals surface area contributed by atoms with Crippen molar-refractivity contribution in [3.05, 3.63) is 0 Å². The fourth-order valence-corrected chi connectivity index (χ4v) is 3.01. The molecule has 0 saturated carbocycles. The molecule has 6 nitrogen and oxygen atoms in total. The van der Waals surface area contributed by atoms with Gasteiger partial charge < -0.3 is 20.1 Å². The van der Waals surface area contributed by atoms with Gasteiger partial charge in [0.25, 0.3) is 0 Å². The van der Waals surface area contributed by atoms with Gasteiger partial charge in [0.1, 0.15) is 0 Å². The van der Waals surface area contributed by atoms with E-state index in [0.29, 0.717) is 26.1 Å². The number of carboxylic acids is 1. The minimum Gasteiger partial charge on any atom is -0.481 e. The second kappa shape index (κ2) is 6.92. The van der Waals surface area contributed by atoms with Gasteiger partial charge in [0.15, 0.2) is 0 Å². The minimum atomic E-state index is -0.808. The standard InChI is InChI=1S/C14H24N2O4/c1-10-7-11(13(17)18)9-16(8-10)14(19)15-12-3-2-5-20-6-4-12/h10-12H,2-9H2,1H3,(H,15,19)(H,17,18). The van der Waals surface area contributed by atoms with E-state index >= 15 is 0 Å². The zero-order valence-electron chi connectivity index (χ0n) is 12.0. The van der Waals surface area contributed by atoms with Crippen molar-refractivity contribution in [3.63, 3.8) is 0 Å². The fraction of sp³-hybridized carbons (Fsp3) is 0.857. The van der Waals surface area contributed by atoms with Crippen molar-refractivity contribution in [2.24, 2.45) is 11.8 Å². The number of likely N-dealkylation sites (tertiary alicyclic amines) is 1. The third-order valence-electron chi connectivity index (χ3n) is 4.08. The number of amides is 2. The van der Waals surface area contributed by atoms with E-state index in [1.165, 1.54) is 0 Å². The van der Waals surface area contributed by atoms with Crippen molar-refractivity contribution in [2.45, 2.75) is 38.6 Å². The highest BCUT2D eigenvalue weighted by molar-refractivity contribution is 5.76. The summed E-state index contributed by atoms with van der Waals surface area (Å²) in [6.45, 7) is 4.38. The average molecular weight is 284 g/mol. The lowest BCUT2D eigenvalue weighted by Crippen LogP contribution is -2.51. The second-order valence-electron chi connectivity index (χ2n) is 5.97. The molecule has 0 bridgehead atoms. The number of carboxylic acid groups (broad SMARTS) is 1. The molecular formula is C14H24N2O4. The van der Waals surface area contributed by atoms with Gasteiger partial charge in [-0.05, 0) is 31.6 Å². The van der Waals surface area contributed by atoms with Crippen LogP contribution in [-0.2, 0) is 9.53 Å². The van der Waals surface area contributed by atoms with Gasteiger partial charge in [0.2, 0.25) is 0 Å². The molecule has 2 saturated heterocycles. The Hall–Kier alpha value is -1.30. The first-order valence-corrected chi connectivity index (χ1v) is 7.42. The van der Waals surface area contributed by atoms with Gasteiger partial charge in [-0.15, -0.1) is 0 Å². The van der Waals surface area contributed by atoms with Gasteiger partial charge in [0, 0.05) is 32.3 Å². The Balaban J connectivity index is 1.88. The third-order valence-corrected chi connectivity index (χ3v) is 4.08. The van der Waals surface area contributed by atoms with Crippen LogP contribution >= 0.6 is 0 Å². The highest BCUT2D eigenvalue weighted by Crippen LogP contribution is 2.22. The van der Waals surface area contributed by atoms with Crippen LogP contribution in [0.3, 0.4) is 0 Å². The van der Waals surface area contributed by atoms with E-state index < -0.39 is 11.9 Å². The largest absolute Gasteiger partial charge is 0.481 e. The molecular weight excluding hydrogens is 260 g/mol. The first-order valence-electron chi connectivity index (χ1n) is 7.42. The summed E-state index contributed by atoms with van der Waals surface area (Å²) in [4.78, 5) is 25.1. The normalized spacial score (nSPS) is 31.4. The molecule has 6 heteroatoms. The van der Waals surface area contributed by atoms with Crippen molar-refractivity contribution in [3.8, 4) is 0 Å². The number of piperidine rings is 1. The van der Waals surface area contributed by atoms with Crippen molar-refractivity contribution >= 4 is 12.0 Å². The number of hydrogen-bond acceptors (Lipinski definition) is 3. The number of hydrogen-bond donors (Lipinski definition) is 2. The highest BCUT2D eigenvalue weighted by atomic mass is 16.5. The maximum atomic E-state index is 12.3. The van der Waals surface area contributed by atoms with Crippen LogP contribution in [-0.4, -0.2) is 54.4 Å². The molecule has 2 fully saturated rings. The second-order valence-corrected chi connectivity index (χ2v) is 5.97. The van der Waals surface area contributed by atoms with Crippen LogP contribution in [0.15, 0.2) is 0 Å². The lowest BCUT2D eigenvalue weighted by atomic mass is 9.91. The lowest BCUT2D eigenvalue weighted by molar-refractivity contribution is -0.143. The highest BCUT2D eigenvalue weighted by Gasteiger charge is 2.32. The molecule has 2 amide bonds. The topological polar surface area (TPSA) is 78.9 Å². The summed E-state index contributed by atoms with van der Waals surface area (Å²) in [7, 11) is 0. The number of rotatable bonds is 2. The van der Waals surface area contributed by atoms with Crippen molar-refractivity contribution < 1.29 is 19.4 Å². The molecule has 0 radical (unpaired) electrons. The van der Waals surface area contributed by atoms with Crippen LogP contribution in [0.2, 0.25) is 0 Å². The molecule has 2 rings (SSSR count). The Morgan fingerprint density at radius 2 is 2.05 bits per heavy atom. The Bertz CT molecular complexity index is 353. The molecule has 0 spiro atoms. The van der Waals surface area contributed by atoms with Crippen LogP contribution in [0.25, 0.3) is 0 Å². The van der Waals surface area contributed by atoms with Crippen molar-refractivity contribution in [1.29, 1.82) is 0 Å². The molecule has 2 heterocycles. The Morgan fingerprint density at radius 1 is 1.25 bits per heavy atom. The maximum Gasteiger partial charge on any atom is 0.317 e. The number of urea groups is 1. The zero-order valence-corrected chi connectivity index (χ0v) is 12.0. The first-order chi connectivity index (χ1) is 9.56. The quantitative estimate of drug-likeness (QED) is 0.801. The molecule has 114 valence electrons. The van der Waals surface area contributed by atoms with Crippen LogP contribution in [0.4, 0.5) is 4.79 Å². The molecule has 3 atom stereocenters. The molecule has 0 aliphatic carbocycles. The zero-order chi connectivity index (χ0) is 14.5. The molecule has 2 aliphatic rings. The first kappa shape index (κ1) is 15.1. The molecule has 3 unspecified atom stereocenters. The van der Waals surface area contributed by atoms with E-state index in [9.17, 15) is 9.59 Å². The van der Waals surface area contributed by atoms with Gasteiger partial charge in [-0.3, -0.25) is 4.79 Å². The van der Waals surface area contributed by atoms with Gasteiger partial charge in [-0.1, -0.05) is 6.92 Å². The smallest absolute Gasteiger partial charge is 0.317 e. The number of carbonyl (C=O) groups excluding carboxylic acids is 1. The van der Waals surface area contributed by atoms with E-state index in [1.807, 2.05) is 6.92 Å². The molecule has 0 aromatic carbocycles. The molecule has 20 heavy (non-hydrogen) atoms. The van der Waals surface area contributed by atoms with Crippen LogP contribution in [0, 0.1) is 11.8 Å². The Morgan fingerprint density at radius 3 is 2.80 bits per heavy atom. The Labute approximate surface area is 119 Å². The molecule has 0 aromatic heterocycles. The molecule has 2 N–H and O–H groups in total. The predicted molar refractivity (Wildman–Crippen MR) is 73.5 cm³/mol. The van der Waals surface area contributed by atoms with Gasteiger partial charge in [0.05, 0.1) is 5.92 Å². The average Bonchev–Trinajstić information content (AvgIpc) is 2.66. The summed E-state index contributed by atoms with van der Waals surface area (Å²) in [6.07, 6.45) is 3.37. The maximum absolute atomic E-state index is 12.3. The number of ether oxygens (including phenoxy) is 1. The number of carbonyl (C=O) groups is 2. The predicted octanol–water partition coefficient (Wildman–Crippen LogP) is 1.31. The summed E-state index contributed by atoms with van der Waals surface area (Å²) in [5.74, 6) is -1.02. The fourth-order valence-electron chi connectivity index (χ4n) is 3.01. The summed E-state index contributed by atoms with van der Waals surface area (Å²) >= 11 is 0. The van der Waals surface area contributed by atoms with Gasteiger partial charge in [-0.2, -0.15) is 0 Å². The number of aliphatic carboxylic acids is 1. The summed E-state index contributed by atoms with van der Waals surface area (Å²) < 4.78 is 5.37. The summed E-state index contributed by atoms with van der Waals surface area (Å²) in [5, 5.41) is 12.2. The van der Waals surface area contributed by atoms with E-state index in [-0.39, 0.29) is 18.0 Å². The van der Waals surface area contributed by atoms with E-state index in [1.54, 1.807) is 4.90 Å². The van der Waals surface area contributed by atoms with Gasteiger partial charge >= 0.3 is 12.0 Å². The lowest BCUT2D eigenvalue weighted by Gasteiger charge is -2.35. The van der Waals surface area contributed by atoms with Gasteiger partial charge in [-0.25, -0.2) is 4.79 Å². The van der Waals surface area contributed by atoms with Crippen LogP contribution in [0.1, 0.15) is 32.6 Å². The SMILES string of the molecule is CC1CC(C(=O)O)CN(C(=O)NC2CCCOCC2)C1. The van der Waals surface area contributed by atoms with Crippen molar-refractivity contribution in [1.82, 2.24) is 10.2 Å². The van der Waals surface area contributed by atoms with Crippen LogP contribution in [0.5, 0.6) is 0 Å². The van der Waals surface area contributed by atoms with Crippen LogP contribution < -0.4 is 5.32 Å². The van der Waals surface area contributed by atoms with Crippen molar-refractivity contribution in [2.75, 3.05) is 26.3 Å². The Kier molecular flexibility index (Phi) is 5.23. The minimum absolute atomic E-state index is 0.130.